The average Bonchev–Trinajstić information content (AvgIpc) is 3.43. The summed E-state index contributed by atoms with van der Waals surface area (Å²) in [6.45, 7) is 0.337. The van der Waals surface area contributed by atoms with Crippen LogP contribution in [0.25, 0.3) is 34.0 Å². The predicted molar refractivity (Wildman–Crippen MR) is 98.9 cm³/mol. The Balaban J connectivity index is 1.40. The van der Waals surface area contributed by atoms with Crippen LogP contribution in [0.1, 0.15) is 5.56 Å². The number of fused-ring (bicyclic) bond motifs is 1. The van der Waals surface area contributed by atoms with Gasteiger partial charge in [0.05, 0.1) is 30.1 Å². The summed E-state index contributed by atoms with van der Waals surface area (Å²) in [5.41, 5.74) is 3.68. The maximum atomic E-state index is 13.2. The Kier molecular flexibility index (Phi) is 3.87. The Bertz CT molecular complexity index is 1290. The van der Waals surface area contributed by atoms with Crippen LogP contribution >= 0.6 is 11.6 Å². The minimum atomic E-state index is -0.389. The first kappa shape index (κ1) is 16.6. The van der Waals surface area contributed by atoms with Gasteiger partial charge < -0.3 is 9.51 Å². The first-order valence-corrected chi connectivity index (χ1v) is 8.65. The number of aromatic nitrogens is 7. The number of hydrogen-bond acceptors (Lipinski definition) is 6. The van der Waals surface area contributed by atoms with E-state index in [4.69, 9.17) is 16.1 Å². The zero-order valence-electron chi connectivity index (χ0n) is 14.2. The van der Waals surface area contributed by atoms with Crippen molar-refractivity contribution in [1.82, 2.24) is 35.1 Å². The second kappa shape index (κ2) is 6.54. The summed E-state index contributed by atoms with van der Waals surface area (Å²) in [7, 11) is 0. The molecule has 28 heavy (non-hydrogen) atoms. The summed E-state index contributed by atoms with van der Waals surface area (Å²) in [6, 6.07) is 9.85. The van der Waals surface area contributed by atoms with Crippen molar-refractivity contribution < 1.29 is 8.91 Å². The molecule has 0 radical (unpaired) electrons. The number of imidazole rings is 1. The van der Waals surface area contributed by atoms with Gasteiger partial charge in [0.1, 0.15) is 5.82 Å². The van der Waals surface area contributed by atoms with Crippen LogP contribution in [0.5, 0.6) is 0 Å². The molecular formula is C18H11ClFN7O. The number of rotatable bonds is 4. The lowest BCUT2D eigenvalue weighted by Crippen LogP contribution is -2.01. The van der Waals surface area contributed by atoms with Gasteiger partial charge in [0.2, 0.25) is 5.82 Å². The Morgan fingerprint density at radius 3 is 3.00 bits per heavy atom. The summed E-state index contributed by atoms with van der Waals surface area (Å²) in [5.74, 6) is 0.290. The molecule has 10 heteroatoms. The molecule has 138 valence electrons. The fourth-order valence-electron chi connectivity index (χ4n) is 2.82. The van der Waals surface area contributed by atoms with Crippen LogP contribution in [0.15, 0.2) is 53.4 Å². The Morgan fingerprint density at radius 1 is 1.18 bits per heavy atom. The summed E-state index contributed by atoms with van der Waals surface area (Å²) >= 11 is 6.06. The van der Waals surface area contributed by atoms with E-state index in [1.165, 1.54) is 12.1 Å². The van der Waals surface area contributed by atoms with E-state index in [0.29, 0.717) is 23.1 Å². The Hall–Kier alpha value is -3.59. The van der Waals surface area contributed by atoms with E-state index in [2.05, 4.69) is 30.4 Å². The van der Waals surface area contributed by atoms with Crippen LogP contribution in [0.3, 0.4) is 0 Å². The molecule has 8 nitrogen and oxygen atoms in total. The molecule has 0 saturated heterocycles. The second-order valence-corrected chi connectivity index (χ2v) is 6.50. The maximum Gasteiger partial charge on any atom is 0.280 e. The van der Waals surface area contributed by atoms with Gasteiger partial charge in [-0.15, -0.1) is 5.10 Å². The molecule has 0 aliphatic rings. The number of H-pyrrole nitrogens is 1. The quantitative estimate of drug-likeness (QED) is 0.498. The van der Waals surface area contributed by atoms with Crippen LogP contribution < -0.4 is 0 Å². The van der Waals surface area contributed by atoms with E-state index in [0.717, 1.165) is 22.2 Å². The predicted octanol–water partition coefficient (Wildman–Crippen LogP) is 3.71. The first-order chi connectivity index (χ1) is 13.7. The molecule has 0 bridgehead atoms. The zero-order chi connectivity index (χ0) is 19.1. The molecule has 5 rings (SSSR count). The highest BCUT2D eigenvalue weighted by atomic mass is 35.5. The minimum absolute atomic E-state index is 0.246. The SMILES string of the molecule is Fc1ccc(Cn2cc(-c3nc(-c4ccc5nc[nH]c5c4)no3)nn2)c(Cl)c1. The maximum absolute atomic E-state index is 13.2. The Labute approximate surface area is 162 Å². The lowest BCUT2D eigenvalue weighted by atomic mass is 10.2. The molecule has 3 aromatic heterocycles. The summed E-state index contributed by atoms with van der Waals surface area (Å²) in [5, 5.41) is 12.4. The summed E-state index contributed by atoms with van der Waals surface area (Å²) in [4.78, 5) is 11.6. The molecule has 2 aromatic carbocycles. The molecule has 0 fully saturated rings. The molecule has 1 N–H and O–H groups in total. The number of halogens is 2. The average molecular weight is 396 g/mol. The second-order valence-electron chi connectivity index (χ2n) is 6.09. The van der Waals surface area contributed by atoms with Crippen molar-refractivity contribution in [3.8, 4) is 23.0 Å². The van der Waals surface area contributed by atoms with Gasteiger partial charge in [-0.3, -0.25) is 0 Å². The number of hydrogen-bond donors (Lipinski definition) is 1. The molecular weight excluding hydrogens is 385 g/mol. The number of nitrogens with one attached hydrogen (secondary N) is 1. The van der Waals surface area contributed by atoms with Crippen LogP contribution in [0.2, 0.25) is 5.02 Å². The molecule has 5 aromatic rings. The molecule has 0 saturated carbocycles. The highest BCUT2D eigenvalue weighted by Crippen LogP contribution is 2.24. The number of nitrogens with zero attached hydrogens (tertiary/aromatic N) is 6. The van der Waals surface area contributed by atoms with Gasteiger partial charge in [-0.1, -0.05) is 28.0 Å². The molecule has 3 heterocycles. The van der Waals surface area contributed by atoms with Gasteiger partial charge in [-0.05, 0) is 35.9 Å². The van der Waals surface area contributed by atoms with E-state index in [-0.39, 0.29) is 11.7 Å². The van der Waals surface area contributed by atoms with Gasteiger partial charge in [-0.25, -0.2) is 14.1 Å². The van der Waals surface area contributed by atoms with Gasteiger partial charge in [0.25, 0.3) is 5.89 Å². The van der Waals surface area contributed by atoms with Crippen molar-refractivity contribution in [2.24, 2.45) is 0 Å². The fourth-order valence-corrected chi connectivity index (χ4v) is 3.04. The van der Waals surface area contributed by atoms with Crippen LogP contribution in [-0.2, 0) is 6.54 Å². The van der Waals surface area contributed by atoms with E-state index in [1.807, 2.05) is 18.2 Å². The van der Waals surface area contributed by atoms with Gasteiger partial charge in [-0.2, -0.15) is 4.98 Å². The lowest BCUT2D eigenvalue weighted by Gasteiger charge is -2.03. The van der Waals surface area contributed by atoms with Crippen molar-refractivity contribution >= 4 is 22.6 Å². The van der Waals surface area contributed by atoms with Crippen LogP contribution in [-0.4, -0.2) is 35.1 Å². The van der Waals surface area contributed by atoms with Crippen molar-refractivity contribution in [1.29, 1.82) is 0 Å². The van der Waals surface area contributed by atoms with E-state index in [9.17, 15) is 4.39 Å². The normalized spacial score (nSPS) is 11.4. The molecule has 0 aliphatic heterocycles. The first-order valence-electron chi connectivity index (χ1n) is 8.27. The monoisotopic (exact) mass is 395 g/mol. The highest BCUT2D eigenvalue weighted by molar-refractivity contribution is 6.31. The van der Waals surface area contributed by atoms with Gasteiger partial charge >= 0.3 is 0 Å². The van der Waals surface area contributed by atoms with Crippen molar-refractivity contribution in [2.45, 2.75) is 6.54 Å². The molecule has 0 aliphatic carbocycles. The zero-order valence-corrected chi connectivity index (χ0v) is 14.9. The third-order valence-corrected chi connectivity index (χ3v) is 4.56. The van der Waals surface area contributed by atoms with Gasteiger partial charge in [0.15, 0.2) is 5.69 Å². The summed E-state index contributed by atoms with van der Waals surface area (Å²) < 4.78 is 20.1. The molecule has 0 atom stereocenters. The van der Waals surface area contributed by atoms with Crippen molar-refractivity contribution in [3.63, 3.8) is 0 Å². The highest BCUT2D eigenvalue weighted by Gasteiger charge is 2.15. The topological polar surface area (TPSA) is 98.3 Å². The van der Waals surface area contributed by atoms with Gasteiger partial charge in [0, 0.05) is 10.6 Å². The fraction of sp³-hybridized carbons (Fsp3) is 0.0556. The van der Waals surface area contributed by atoms with Crippen molar-refractivity contribution in [2.75, 3.05) is 0 Å². The van der Waals surface area contributed by atoms with E-state index >= 15 is 0 Å². The third kappa shape index (κ3) is 3.01. The van der Waals surface area contributed by atoms with Crippen molar-refractivity contribution in [3.05, 3.63) is 65.3 Å². The standard InChI is InChI=1S/C18H11ClFN7O/c19-13-6-12(20)3-1-11(13)7-27-8-16(24-26-27)18-23-17(25-28-18)10-2-4-14-15(5-10)22-9-21-14/h1-6,8-9H,7H2,(H,21,22). The molecule has 0 amide bonds. The number of aromatic amines is 1. The van der Waals surface area contributed by atoms with Crippen LogP contribution in [0.4, 0.5) is 4.39 Å². The van der Waals surface area contributed by atoms with E-state index in [1.54, 1.807) is 23.3 Å². The molecule has 0 spiro atoms. The van der Waals surface area contributed by atoms with E-state index < -0.39 is 0 Å². The largest absolute Gasteiger partial charge is 0.345 e. The minimum Gasteiger partial charge on any atom is -0.345 e. The Morgan fingerprint density at radius 2 is 2.11 bits per heavy atom. The summed E-state index contributed by atoms with van der Waals surface area (Å²) in [6.07, 6.45) is 3.29. The lowest BCUT2D eigenvalue weighted by molar-refractivity contribution is 0.431. The van der Waals surface area contributed by atoms with Crippen LogP contribution in [0, 0.1) is 5.82 Å². The number of benzene rings is 2. The smallest absolute Gasteiger partial charge is 0.280 e. The molecule has 0 unspecified atom stereocenters. The third-order valence-electron chi connectivity index (χ3n) is 4.21.